The van der Waals surface area contributed by atoms with Crippen LogP contribution in [0.5, 0.6) is 17.2 Å². The molecule has 1 aliphatic carbocycles. The van der Waals surface area contributed by atoms with E-state index in [-0.39, 0.29) is 5.78 Å². The fourth-order valence-corrected chi connectivity index (χ4v) is 4.58. The molecule has 0 saturated heterocycles. The summed E-state index contributed by atoms with van der Waals surface area (Å²) in [5.41, 5.74) is 2.82. The molecule has 0 heterocycles. The minimum Gasteiger partial charge on any atom is -0.496 e. The van der Waals surface area contributed by atoms with Crippen molar-refractivity contribution >= 4 is 5.78 Å². The van der Waals surface area contributed by atoms with Crippen LogP contribution >= 0.6 is 0 Å². The van der Waals surface area contributed by atoms with Crippen molar-refractivity contribution < 1.29 is 19.0 Å². The standard InChI is InChI=1S/C28H40N2O4/c1-6-29(7-2)17-11-19-33-23-14-10-13-21-25(23)26-22(32-5)15-16-24(27(26)28(21)31)34-20-12-18-30(8-3)9-4/h10,13-16H,6-9,11-12,17-20H2,1-5H3. The second-order valence-electron chi connectivity index (χ2n) is 8.48. The monoisotopic (exact) mass is 468 g/mol. The minimum atomic E-state index is -0.0313. The van der Waals surface area contributed by atoms with Crippen LogP contribution in [0.2, 0.25) is 0 Å². The molecule has 0 amide bonds. The van der Waals surface area contributed by atoms with Crippen molar-refractivity contribution in [3.8, 4) is 28.4 Å². The molecule has 0 saturated carbocycles. The highest BCUT2D eigenvalue weighted by molar-refractivity contribution is 6.25. The lowest BCUT2D eigenvalue weighted by Gasteiger charge is -2.19. The Morgan fingerprint density at radius 1 is 0.676 bits per heavy atom. The van der Waals surface area contributed by atoms with Gasteiger partial charge in [0.15, 0.2) is 5.78 Å². The Hall–Kier alpha value is -2.57. The first-order chi connectivity index (χ1) is 16.6. The van der Waals surface area contributed by atoms with E-state index in [9.17, 15) is 4.79 Å². The fraction of sp³-hybridized carbons (Fsp3) is 0.536. The molecule has 3 rings (SSSR count). The summed E-state index contributed by atoms with van der Waals surface area (Å²) in [6.07, 6.45) is 1.84. The van der Waals surface area contributed by atoms with Crippen LogP contribution in [0.3, 0.4) is 0 Å². The summed E-state index contributed by atoms with van der Waals surface area (Å²) in [6.45, 7) is 15.9. The zero-order valence-electron chi connectivity index (χ0n) is 21.5. The molecule has 0 spiro atoms. The first kappa shape index (κ1) is 26.0. The van der Waals surface area contributed by atoms with Crippen LogP contribution in [0.4, 0.5) is 0 Å². The molecule has 34 heavy (non-hydrogen) atoms. The predicted molar refractivity (Wildman–Crippen MR) is 138 cm³/mol. The van der Waals surface area contributed by atoms with Crippen LogP contribution in [0.25, 0.3) is 11.1 Å². The molecule has 0 atom stereocenters. The fourth-order valence-electron chi connectivity index (χ4n) is 4.58. The van der Waals surface area contributed by atoms with Crippen molar-refractivity contribution in [2.24, 2.45) is 0 Å². The van der Waals surface area contributed by atoms with Crippen molar-refractivity contribution in [2.45, 2.75) is 40.5 Å². The van der Waals surface area contributed by atoms with Gasteiger partial charge >= 0.3 is 0 Å². The molecule has 0 fully saturated rings. The lowest BCUT2D eigenvalue weighted by Crippen LogP contribution is -2.25. The summed E-state index contributed by atoms with van der Waals surface area (Å²) >= 11 is 0. The van der Waals surface area contributed by atoms with Gasteiger partial charge in [0.25, 0.3) is 0 Å². The summed E-state index contributed by atoms with van der Waals surface area (Å²) in [4.78, 5) is 18.2. The highest BCUT2D eigenvalue weighted by Gasteiger charge is 2.35. The van der Waals surface area contributed by atoms with Crippen LogP contribution in [-0.2, 0) is 0 Å². The van der Waals surface area contributed by atoms with E-state index >= 15 is 0 Å². The Balaban J connectivity index is 1.81. The van der Waals surface area contributed by atoms with Gasteiger partial charge < -0.3 is 24.0 Å². The van der Waals surface area contributed by atoms with E-state index in [2.05, 4.69) is 37.5 Å². The van der Waals surface area contributed by atoms with Crippen LogP contribution in [-0.4, -0.2) is 75.2 Å². The van der Waals surface area contributed by atoms with Gasteiger partial charge in [-0.25, -0.2) is 0 Å². The van der Waals surface area contributed by atoms with Crippen molar-refractivity contribution in [3.63, 3.8) is 0 Å². The van der Waals surface area contributed by atoms with Gasteiger partial charge in [-0.05, 0) is 57.2 Å². The van der Waals surface area contributed by atoms with E-state index < -0.39 is 0 Å². The van der Waals surface area contributed by atoms with E-state index in [1.807, 2.05) is 30.3 Å². The Bertz CT molecular complexity index is 952. The van der Waals surface area contributed by atoms with Crippen LogP contribution in [0.15, 0.2) is 30.3 Å². The maximum Gasteiger partial charge on any atom is 0.198 e. The third-order valence-electron chi connectivity index (χ3n) is 6.64. The number of carbonyl (C=O) groups excluding carboxylic acids is 1. The summed E-state index contributed by atoms with van der Waals surface area (Å²) in [5.74, 6) is 1.97. The van der Waals surface area contributed by atoms with Gasteiger partial charge in [0, 0.05) is 29.8 Å². The quantitative estimate of drug-likeness (QED) is 0.288. The zero-order valence-corrected chi connectivity index (χ0v) is 21.5. The van der Waals surface area contributed by atoms with Gasteiger partial charge in [-0.3, -0.25) is 4.79 Å². The van der Waals surface area contributed by atoms with Gasteiger partial charge in [0.1, 0.15) is 17.2 Å². The number of fused-ring (bicyclic) bond motifs is 3. The first-order valence-electron chi connectivity index (χ1n) is 12.7. The van der Waals surface area contributed by atoms with Crippen LogP contribution in [0.1, 0.15) is 56.5 Å². The number of rotatable bonds is 15. The number of benzene rings is 2. The summed E-state index contributed by atoms with van der Waals surface area (Å²) in [7, 11) is 1.64. The van der Waals surface area contributed by atoms with Gasteiger partial charge in [-0.15, -0.1) is 0 Å². The SMILES string of the molecule is CCN(CC)CCCOc1ccc(OC)c2c1C(=O)c1cccc(OCCCN(CC)CC)c1-2. The second-order valence-corrected chi connectivity index (χ2v) is 8.48. The van der Waals surface area contributed by atoms with Crippen molar-refractivity contribution in [1.82, 2.24) is 9.80 Å². The Morgan fingerprint density at radius 2 is 1.21 bits per heavy atom. The maximum atomic E-state index is 13.5. The molecule has 0 aromatic heterocycles. The third kappa shape index (κ3) is 5.73. The molecule has 1 aliphatic rings. The Labute approximate surface area is 204 Å². The smallest absolute Gasteiger partial charge is 0.198 e. The first-order valence-corrected chi connectivity index (χ1v) is 12.7. The van der Waals surface area contributed by atoms with E-state index in [1.54, 1.807) is 7.11 Å². The summed E-state index contributed by atoms with van der Waals surface area (Å²) < 4.78 is 18.0. The van der Waals surface area contributed by atoms with Crippen LogP contribution < -0.4 is 14.2 Å². The lowest BCUT2D eigenvalue weighted by molar-refractivity contribution is 0.103. The number of nitrogens with zero attached hydrogens (tertiary/aromatic N) is 2. The van der Waals surface area contributed by atoms with E-state index in [0.717, 1.165) is 69.0 Å². The molecular weight excluding hydrogens is 428 g/mol. The molecule has 0 unspecified atom stereocenters. The normalized spacial score (nSPS) is 12.3. The lowest BCUT2D eigenvalue weighted by atomic mass is 10.0. The van der Waals surface area contributed by atoms with Crippen molar-refractivity contribution in [3.05, 3.63) is 41.5 Å². The molecular formula is C28H40N2O4. The number of methoxy groups -OCH3 is 1. The van der Waals surface area contributed by atoms with Crippen molar-refractivity contribution in [1.29, 1.82) is 0 Å². The topological polar surface area (TPSA) is 51.2 Å². The molecule has 0 radical (unpaired) electrons. The molecule has 2 aromatic rings. The van der Waals surface area contributed by atoms with Gasteiger partial charge in [-0.2, -0.15) is 0 Å². The molecule has 6 nitrogen and oxygen atoms in total. The molecule has 186 valence electrons. The van der Waals surface area contributed by atoms with E-state index in [4.69, 9.17) is 14.2 Å². The maximum absolute atomic E-state index is 13.5. The number of hydrogen-bond acceptors (Lipinski definition) is 6. The predicted octanol–water partition coefficient (Wildman–Crippen LogP) is 5.13. The third-order valence-corrected chi connectivity index (χ3v) is 6.64. The number of hydrogen-bond donors (Lipinski definition) is 0. The van der Waals surface area contributed by atoms with E-state index in [1.165, 1.54) is 0 Å². The highest BCUT2D eigenvalue weighted by atomic mass is 16.5. The number of carbonyl (C=O) groups is 1. The van der Waals surface area contributed by atoms with E-state index in [0.29, 0.717) is 35.8 Å². The van der Waals surface area contributed by atoms with Gasteiger partial charge in [-0.1, -0.05) is 39.8 Å². The average Bonchev–Trinajstić information content (AvgIpc) is 3.18. The second kappa shape index (κ2) is 12.8. The molecule has 6 heteroatoms. The summed E-state index contributed by atoms with van der Waals surface area (Å²) in [5, 5.41) is 0. The Kier molecular flexibility index (Phi) is 9.78. The molecule has 0 bridgehead atoms. The Morgan fingerprint density at radius 3 is 1.74 bits per heavy atom. The summed E-state index contributed by atoms with van der Waals surface area (Å²) in [6, 6.07) is 9.43. The number of ether oxygens (including phenoxy) is 3. The number of ketones is 1. The van der Waals surface area contributed by atoms with Gasteiger partial charge in [0.2, 0.25) is 0 Å². The highest BCUT2D eigenvalue weighted by Crippen LogP contribution is 2.50. The largest absolute Gasteiger partial charge is 0.496 e. The van der Waals surface area contributed by atoms with Crippen LogP contribution in [0, 0.1) is 0 Å². The minimum absolute atomic E-state index is 0.0313. The molecule has 0 aliphatic heterocycles. The molecule has 2 aromatic carbocycles. The molecule has 0 N–H and O–H groups in total. The zero-order chi connectivity index (χ0) is 24.5. The van der Waals surface area contributed by atoms with Crippen molar-refractivity contribution in [2.75, 3.05) is 59.6 Å². The average molecular weight is 469 g/mol. The van der Waals surface area contributed by atoms with Gasteiger partial charge in [0.05, 0.1) is 25.9 Å².